The summed E-state index contributed by atoms with van der Waals surface area (Å²) in [5, 5.41) is 13.5. The second-order valence-corrected chi connectivity index (χ2v) is 7.11. The topological polar surface area (TPSA) is 52.6 Å². The highest BCUT2D eigenvalue weighted by Gasteiger charge is 2.42. The first-order chi connectivity index (χ1) is 11.5. The van der Waals surface area contributed by atoms with Crippen molar-refractivity contribution in [3.8, 4) is 5.75 Å². The Bertz CT molecular complexity index is 825. The molecule has 0 spiro atoms. The smallest absolute Gasteiger partial charge is 0.322 e. The zero-order chi connectivity index (χ0) is 16.8. The van der Waals surface area contributed by atoms with Crippen LogP contribution in [0.2, 0.25) is 10.0 Å². The van der Waals surface area contributed by atoms with Crippen LogP contribution in [0, 0.1) is 0 Å². The van der Waals surface area contributed by atoms with Crippen LogP contribution < -0.4 is 5.32 Å². The van der Waals surface area contributed by atoms with E-state index in [9.17, 15) is 9.90 Å². The average Bonchev–Trinajstić information content (AvgIpc) is 2.86. The summed E-state index contributed by atoms with van der Waals surface area (Å²) in [7, 11) is 0. The van der Waals surface area contributed by atoms with Gasteiger partial charge in [-0.05, 0) is 60.7 Å². The maximum absolute atomic E-state index is 12.8. The molecule has 24 heavy (non-hydrogen) atoms. The van der Waals surface area contributed by atoms with Crippen LogP contribution in [-0.4, -0.2) is 22.1 Å². The molecule has 2 aromatic rings. The number of urea groups is 1. The summed E-state index contributed by atoms with van der Waals surface area (Å²) in [4.78, 5) is 14.7. The number of nitrogens with zero attached hydrogens (tertiary/aromatic N) is 1. The van der Waals surface area contributed by atoms with Gasteiger partial charge in [0.1, 0.15) is 5.75 Å². The van der Waals surface area contributed by atoms with Crippen molar-refractivity contribution >= 4 is 34.9 Å². The first kappa shape index (κ1) is 15.6. The molecule has 2 amide bonds. The summed E-state index contributed by atoms with van der Waals surface area (Å²) in [6.07, 6.45) is 2.68. The zero-order valence-corrected chi connectivity index (χ0v) is 14.3. The molecule has 0 saturated carbocycles. The fourth-order valence-electron chi connectivity index (χ4n) is 3.81. The van der Waals surface area contributed by atoms with Gasteiger partial charge in [-0.25, -0.2) is 4.79 Å². The van der Waals surface area contributed by atoms with Gasteiger partial charge >= 0.3 is 6.03 Å². The first-order valence-corrected chi connectivity index (χ1v) is 8.64. The number of hydrogen-bond acceptors (Lipinski definition) is 2. The number of benzene rings is 2. The van der Waals surface area contributed by atoms with Crippen LogP contribution in [0.3, 0.4) is 0 Å². The van der Waals surface area contributed by atoms with Crippen LogP contribution in [0.4, 0.5) is 10.5 Å². The third kappa shape index (κ3) is 2.60. The van der Waals surface area contributed by atoms with Gasteiger partial charge in [0.05, 0.1) is 16.1 Å². The number of anilines is 1. The fourth-order valence-corrected chi connectivity index (χ4v) is 4.10. The predicted molar refractivity (Wildman–Crippen MR) is 94.9 cm³/mol. The van der Waals surface area contributed by atoms with Crippen LogP contribution in [0.1, 0.15) is 30.0 Å². The molecule has 4 nitrogen and oxygen atoms in total. The van der Waals surface area contributed by atoms with Crippen LogP contribution in [0.15, 0.2) is 36.4 Å². The van der Waals surface area contributed by atoms with E-state index >= 15 is 0 Å². The van der Waals surface area contributed by atoms with Gasteiger partial charge in [-0.15, -0.1) is 0 Å². The summed E-state index contributed by atoms with van der Waals surface area (Å²) >= 11 is 11.9. The maximum Gasteiger partial charge on any atom is 0.322 e. The van der Waals surface area contributed by atoms with Crippen molar-refractivity contribution in [2.24, 2.45) is 0 Å². The van der Waals surface area contributed by atoms with Crippen LogP contribution in [0.5, 0.6) is 5.75 Å². The number of halogens is 2. The number of carbonyl (C=O) groups is 1. The minimum Gasteiger partial charge on any atom is -0.508 e. The standard InChI is InChI=1S/C18H16Cl2N2O2/c19-15-5-1-11(9-16(15)20)21-18(24)22-12-2-6-17(22)14-4-3-13(23)8-10(14)7-12/h1,3-5,8-9,12,17,23H,2,6-7H2,(H,21,24)/t12-,17+/m1/s1. The zero-order valence-electron chi connectivity index (χ0n) is 12.8. The van der Waals surface area contributed by atoms with Crippen LogP contribution in [0.25, 0.3) is 0 Å². The van der Waals surface area contributed by atoms with Gasteiger partial charge in [0.25, 0.3) is 0 Å². The Balaban J connectivity index is 1.59. The summed E-state index contributed by atoms with van der Waals surface area (Å²) in [5.41, 5.74) is 2.90. The molecule has 0 unspecified atom stereocenters. The highest BCUT2D eigenvalue weighted by molar-refractivity contribution is 6.42. The average molecular weight is 363 g/mol. The minimum atomic E-state index is -0.125. The monoisotopic (exact) mass is 362 g/mol. The largest absolute Gasteiger partial charge is 0.508 e. The van der Waals surface area contributed by atoms with Gasteiger partial charge < -0.3 is 15.3 Å². The number of phenolic OH excluding ortho intramolecular Hbond substituents is 1. The lowest BCUT2D eigenvalue weighted by molar-refractivity contribution is 0.179. The number of aromatic hydroxyl groups is 1. The normalized spacial score (nSPS) is 21.5. The van der Waals surface area contributed by atoms with E-state index in [0.29, 0.717) is 15.7 Å². The lowest BCUT2D eigenvalue weighted by Crippen LogP contribution is -2.44. The highest BCUT2D eigenvalue weighted by atomic mass is 35.5. The molecule has 1 fully saturated rings. The van der Waals surface area contributed by atoms with Crippen LogP contribution in [-0.2, 0) is 6.42 Å². The third-order valence-corrected chi connectivity index (χ3v) is 5.59. The van der Waals surface area contributed by atoms with E-state index in [1.165, 1.54) is 0 Å². The second-order valence-electron chi connectivity index (χ2n) is 6.30. The van der Waals surface area contributed by atoms with Crippen molar-refractivity contribution in [3.05, 3.63) is 57.6 Å². The van der Waals surface area contributed by atoms with E-state index in [2.05, 4.69) is 5.32 Å². The van der Waals surface area contributed by atoms with E-state index < -0.39 is 0 Å². The number of carbonyl (C=O) groups excluding carboxylic acids is 1. The summed E-state index contributed by atoms with van der Waals surface area (Å²) in [6, 6.07) is 10.6. The van der Waals surface area contributed by atoms with Crippen molar-refractivity contribution in [1.29, 1.82) is 0 Å². The Labute approximate surface area is 150 Å². The molecule has 6 heteroatoms. The molecule has 2 aliphatic rings. The Morgan fingerprint density at radius 2 is 1.96 bits per heavy atom. The molecule has 2 N–H and O–H groups in total. The quantitative estimate of drug-likeness (QED) is 0.750. The lowest BCUT2D eigenvalue weighted by Gasteiger charge is -2.36. The Hall–Kier alpha value is -1.91. The van der Waals surface area contributed by atoms with Gasteiger partial charge in [0.15, 0.2) is 0 Å². The number of amides is 2. The van der Waals surface area contributed by atoms with Gasteiger partial charge in [0, 0.05) is 11.7 Å². The number of rotatable bonds is 1. The number of phenols is 1. The molecule has 124 valence electrons. The molecule has 2 atom stereocenters. The Kier molecular flexibility index (Phi) is 3.82. The molecule has 2 heterocycles. The van der Waals surface area contributed by atoms with Crippen molar-refractivity contribution in [1.82, 2.24) is 4.90 Å². The molecule has 2 bridgehead atoms. The minimum absolute atomic E-state index is 0.0575. The molecule has 2 aromatic carbocycles. The number of fused-ring (bicyclic) bond motifs is 4. The van der Waals surface area contributed by atoms with E-state index in [-0.39, 0.29) is 23.9 Å². The Morgan fingerprint density at radius 1 is 1.12 bits per heavy atom. The van der Waals surface area contributed by atoms with E-state index in [0.717, 1.165) is 30.4 Å². The van der Waals surface area contributed by atoms with E-state index in [1.54, 1.807) is 24.3 Å². The third-order valence-electron chi connectivity index (χ3n) is 4.85. The summed E-state index contributed by atoms with van der Waals surface area (Å²) in [5.74, 6) is 0.279. The van der Waals surface area contributed by atoms with Crippen molar-refractivity contribution < 1.29 is 9.90 Å². The van der Waals surface area contributed by atoms with E-state index in [4.69, 9.17) is 23.2 Å². The molecule has 0 aliphatic carbocycles. The molecule has 2 aliphatic heterocycles. The Morgan fingerprint density at radius 3 is 2.75 bits per heavy atom. The maximum atomic E-state index is 12.8. The summed E-state index contributed by atoms with van der Waals surface area (Å²) < 4.78 is 0. The fraction of sp³-hybridized carbons (Fsp3) is 0.278. The highest BCUT2D eigenvalue weighted by Crippen LogP contribution is 2.44. The molecule has 0 aromatic heterocycles. The van der Waals surface area contributed by atoms with Gasteiger partial charge in [-0.1, -0.05) is 29.3 Å². The first-order valence-electron chi connectivity index (χ1n) is 7.89. The number of nitrogens with one attached hydrogen (secondary N) is 1. The SMILES string of the molecule is O=C(Nc1ccc(Cl)c(Cl)c1)N1[C@@H]2CC[C@H]1c1ccc(O)cc1C2. The van der Waals surface area contributed by atoms with Crippen molar-refractivity contribution in [2.75, 3.05) is 5.32 Å². The van der Waals surface area contributed by atoms with Gasteiger partial charge in [-0.2, -0.15) is 0 Å². The number of hydrogen-bond donors (Lipinski definition) is 2. The summed E-state index contributed by atoms with van der Waals surface area (Å²) in [6.45, 7) is 0. The molecule has 0 radical (unpaired) electrons. The molecular weight excluding hydrogens is 347 g/mol. The second kappa shape index (κ2) is 5.87. The molecular formula is C18H16Cl2N2O2. The van der Waals surface area contributed by atoms with Crippen LogP contribution >= 0.6 is 23.2 Å². The van der Waals surface area contributed by atoms with E-state index in [1.807, 2.05) is 17.0 Å². The molecule has 4 rings (SSSR count). The van der Waals surface area contributed by atoms with Gasteiger partial charge in [0.2, 0.25) is 0 Å². The predicted octanol–water partition coefficient (Wildman–Crippen LogP) is 4.99. The molecule has 1 saturated heterocycles. The van der Waals surface area contributed by atoms with Crippen molar-refractivity contribution in [3.63, 3.8) is 0 Å². The van der Waals surface area contributed by atoms with Gasteiger partial charge in [-0.3, -0.25) is 0 Å². The lowest BCUT2D eigenvalue weighted by atomic mass is 9.93. The van der Waals surface area contributed by atoms with Crippen molar-refractivity contribution in [2.45, 2.75) is 31.3 Å².